The lowest BCUT2D eigenvalue weighted by Gasteiger charge is -2.24. The van der Waals surface area contributed by atoms with Crippen LogP contribution in [0.25, 0.3) is 0 Å². The van der Waals surface area contributed by atoms with Crippen LogP contribution in [0.3, 0.4) is 0 Å². The molecule has 10 heteroatoms. The van der Waals surface area contributed by atoms with Gasteiger partial charge in [-0.1, -0.05) is 47.5 Å². The molecule has 204 valence electrons. The number of hydrogen-bond donors (Lipinski definition) is 2. The molecular formula is C28H34Cl2N4O4. The van der Waals surface area contributed by atoms with Gasteiger partial charge < -0.3 is 29.9 Å². The number of carbonyl (C=O) groups excluding carboxylic acids is 2. The Labute approximate surface area is 234 Å². The Balaban J connectivity index is 1.84. The molecule has 0 amide bonds. The van der Waals surface area contributed by atoms with E-state index in [0.717, 1.165) is 0 Å². The number of ketones is 2. The number of Topliss-reactive ketones (excluding diaryl/α,β-unsaturated/α-hetero) is 2. The maximum Gasteiger partial charge on any atom is 0.224 e. The molecule has 2 unspecified atom stereocenters. The van der Waals surface area contributed by atoms with Gasteiger partial charge in [-0.3, -0.25) is 9.59 Å². The van der Waals surface area contributed by atoms with E-state index in [9.17, 15) is 9.59 Å². The smallest absolute Gasteiger partial charge is 0.224 e. The van der Waals surface area contributed by atoms with Crippen LogP contribution < -0.4 is 20.1 Å². The highest BCUT2D eigenvalue weighted by Gasteiger charge is 2.34. The van der Waals surface area contributed by atoms with Gasteiger partial charge in [0, 0.05) is 13.1 Å². The predicted octanol–water partition coefficient (Wildman–Crippen LogP) is 4.92. The molecule has 0 saturated carbocycles. The van der Waals surface area contributed by atoms with Crippen LogP contribution in [0.15, 0.2) is 70.0 Å². The molecule has 0 aliphatic heterocycles. The van der Waals surface area contributed by atoms with Gasteiger partial charge in [-0.2, -0.15) is 0 Å². The maximum atomic E-state index is 13.3. The van der Waals surface area contributed by atoms with Crippen LogP contribution >= 0.6 is 23.2 Å². The molecule has 1 aliphatic carbocycles. The standard InChI is InChI=1S/C28H34Cl2N4O4/c1-17(15-33(3)4)37-21-13-9-7-11-19(21)31-25-23(29)28(36)26(24(30)27(25)35)32-20-12-8-10-14-22(20)38-18(2)16-34(5)6/h7-14,17-18,31-32H,15-16H2,1-6H3. The van der Waals surface area contributed by atoms with Crippen LogP contribution in [0.2, 0.25) is 0 Å². The summed E-state index contributed by atoms with van der Waals surface area (Å²) in [4.78, 5) is 30.6. The molecule has 0 radical (unpaired) electrons. The van der Waals surface area contributed by atoms with E-state index in [1.807, 2.05) is 64.0 Å². The van der Waals surface area contributed by atoms with Crippen molar-refractivity contribution in [1.29, 1.82) is 0 Å². The third kappa shape index (κ3) is 7.51. The molecule has 38 heavy (non-hydrogen) atoms. The third-order valence-corrected chi connectivity index (χ3v) is 6.21. The lowest BCUT2D eigenvalue weighted by Crippen LogP contribution is -2.29. The fraction of sp³-hybridized carbons (Fsp3) is 0.357. The van der Waals surface area contributed by atoms with Crippen LogP contribution in [0.4, 0.5) is 11.4 Å². The van der Waals surface area contributed by atoms with Crippen LogP contribution in [-0.4, -0.2) is 74.9 Å². The summed E-state index contributed by atoms with van der Waals surface area (Å²) in [5, 5.41) is 5.38. The van der Waals surface area contributed by atoms with Crippen molar-refractivity contribution in [3.05, 3.63) is 70.0 Å². The highest BCUT2D eigenvalue weighted by atomic mass is 35.5. The van der Waals surface area contributed by atoms with Crippen LogP contribution in [0.1, 0.15) is 13.8 Å². The highest BCUT2D eigenvalue weighted by Crippen LogP contribution is 2.35. The van der Waals surface area contributed by atoms with Crippen molar-refractivity contribution in [3.63, 3.8) is 0 Å². The topological polar surface area (TPSA) is 83.1 Å². The lowest BCUT2D eigenvalue weighted by molar-refractivity contribution is -0.115. The van der Waals surface area contributed by atoms with Crippen molar-refractivity contribution in [2.75, 3.05) is 51.9 Å². The Kier molecular flexibility index (Phi) is 10.2. The van der Waals surface area contributed by atoms with Gasteiger partial charge in [0.1, 0.15) is 45.2 Å². The summed E-state index contributed by atoms with van der Waals surface area (Å²) in [6.07, 6.45) is -0.244. The molecule has 0 fully saturated rings. The number of rotatable bonds is 12. The normalized spacial score (nSPS) is 15.7. The molecule has 0 heterocycles. The quantitative estimate of drug-likeness (QED) is 0.354. The summed E-state index contributed by atoms with van der Waals surface area (Å²) < 4.78 is 12.1. The van der Waals surface area contributed by atoms with E-state index in [2.05, 4.69) is 10.6 Å². The number of likely N-dealkylation sites (N-methyl/N-ethyl adjacent to an activating group) is 2. The first-order chi connectivity index (χ1) is 18.0. The lowest BCUT2D eigenvalue weighted by atomic mass is 10.0. The molecule has 3 rings (SSSR count). The zero-order chi connectivity index (χ0) is 28.0. The summed E-state index contributed by atoms with van der Waals surface area (Å²) in [5.74, 6) is -0.203. The van der Waals surface area contributed by atoms with Gasteiger partial charge in [-0.05, 0) is 66.3 Å². The van der Waals surface area contributed by atoms with Gasteiger partial charge in [0.05, 0.1) is 11.4 Å². The van der Waals surface area contributed by atoms with Gasteiger partial charge in [-0.15, -0.1) is 0 Å². The number of benzene rings is 2. The van der Waals surface area contributed by atoms with Crippen LogP contribution in [0.5, 0.6) is 11.5 Å². The van der Waals surface area contributed by atoms with E-state index >= 15 is 0 Å². The first kappa shape index (κ1) is 29.5. The molecule has 0 bridgehead atoms. The largest absolute Gasteiger partial charge is 0.487 e. The minimum absolute atomic E-state index is 0.118. The minimum atomic E-state index is -0.616. The van der Waals surface area contributed by atoms with Crippen LogP contribution in [0, 0.1) is 0 Å². The zero-order valence-corrected chi connectivity index (χ0v) is 24.0. The SMILES string of the molecule is CC(CN(C)C)Oc1ccccc1NC1=C(Cl)C(=O)C(Nc2ccccc2OC(C)CN(C)C)=C(Cl)C1=O. The van der Waals surface area contributed by atoms with E-state index in [1.165, 1.54) is 0 Å². The van der Waals surface area contributed by atoms with Gasteiger partial charge in [0.15, 0.2) is 0 Å². The van der Waals surface area contributed by atoms with E-state index in [-0.39, 0.29) is 33.7 Å². The number of ether oxygens (including phenoxy) is 2. The fourth-order valence-electron chi connectivity index (χ4n) is 4.02. The summed E-state index contributed by atoms with van der Waals surface area (Å²) in [5.41, 5.74) is 0.740. The van der Waals surface area contributed by atoms with Crippen molar-refractivity contribution in [1.82, 2.24) is 9.80 Å². The monoisotopic (exact) mass is 560 g/mol. The number of hydrogen-bond acceptors (Lipinski definition) is 8. The number of nitrogens with one attached hydrogen (secondary N) is 2. The molecule has 1 aliphatic rings. The second-order valence-corrected chi connectivity index (χ2v) is 10.4. The third-order valence-electron chi connectivity index (χ3n) is 5.49. The van der Waals surface area contributed by atoms with Gasteiger partial charge >= 0.3 is 0 Å². The van der Waals surface area contributed by atoms with E-state index in [0.29, 0.717) is 36.0 Å². The Morgan fingerprint density at radius 2 is 1.03 bits per heavy atom. The van der Waals surface area contributed by atoms with Gasteiger partial charge in [-0.25, -0.2) is 0 Å². The molecule has 2 N–H and O–H groups in total. The fourth-order valence-corrected chi connectivity index (χ4v) is 4.48. The van der Waals surface area contributed by atoms with Crippen molar-refractivity contribution in [2.24, 2.45) is 0 Å². The Bertz CT molecular complexity index is 1150. The molecule has 0 aromatic heterocycles. The summed E-state index contributed by atoms with van der Waals surface area (Å²) in [6.45, 7) is 5.27. The van der Waals surface area contributed by atoms with E-state index in [4.69, 9.17) is 32.7 Å². The molecule has 8 nitrogen and oxygen atoms in total. The average Bonchev–Trinajstić information content (AvgIpc) is 2.84. The van der Waals surface area contributed by atoms with Crippen LogP contribution in [-0.2, 0) is 9.59 Å². The molecular weight excluding hydrogens is 527 g/mol. The number of halogens is 2. The first-order valence-corrected chi connectivity index (χ1v) is 13.0. The van der Waals surface area contributed by atoms with Crippen molar-refractivity contribution in [3.8, 4) is 11.5 Å². The van der Waals surface area contributed by atoms with Gasteiger partial charge in [0.25, 0.3) is 0 Å². The Morgan fingerprint density at radius 3 is 1.37 bits per heavy atom. The highest BCUT2D eigenvalue weighted by molar-refractivity contribution is 6.56. The number of para-hydroxylation sites is 4. The predicted molar refractivity (Wildman–Crippen MR) is 153 cm³/mol. The molecule has 0 spiro atoms. The minimum Gasteiger partial charge on any atom is -0.487 e. The van der Waals surface area contributed by atoms with Crippen molar-refractivity contribution < 1.29 is 19.1 Å². The average molecular weight is 562 g/mol. The van der Waals surface area contributed by atoms with Gasteiger partial charge in [0.2, 0.25) is 11.6 Å². The first-order valence-electron chi connectivity index (χ1n) is 12.2. The second-order valence-electron chi connectivity index (χ2n) is 9.66. The number of nitrogens with zero attached hydrogens (tertiary/aromatic N) is 2. The van der Waals surface area contributed by atoms with Crippen molar-refractivity contribution in [2.45, 2.75) is 26.1 Å². The summed E-state index contributed by atoms with van der Waals surface area (Å²) in [7, 11) is 7.82. The number of anilines is 2. The van der Waals surface area contributed by atoms with Crippen molar-refractivity contribution >= 4 is 46.1 Å². The zero-order valence-electron chi connectivity index (χ0n) is 22.5. The Hall–Kier alpha value is -3.04. The second kappa shape index (κ2) is 13.2. The summed E-state index contributed by atoms with van der Waals surface area (Å²) >= 11 is 12.9. The number of carbonyl (C=O) groups is 2. The molecule has 2 atom stereocenters. The molecule has 0 saturated heterocycles. The summed E-state index contributed by atoms with van der Waals surface area (Å²) in [6, 6.07) is 14.2. The maximum absolute atomic E-state index is 13.3. The molecule has 2 aromatic rings. The Morgan fingerprint density at radius 1 is 0.684 bits per heavy atom. The number of allylic oxidation sites excluding steroid dienone is 2. The van der Waals surface area contributed by atoms with E-state index < -0.39 is 11.6 Å². The van der Waals surface area contributed by atoms with E-state index in [1.54, 1.807) is 36.4 Å². The molecule has 2 aromatic carbocycles.